The van der Waals surface area contributed by atoms with Gasteiger partial charge in [0.2, 0.25) is 0 Å². The molecule has 22 heavy (non-hydrogen) atoms. The average molecular weight is 318 g/mol. The Hall–Kier alpha value is -1.75. The molecule has 0 amide bonds. The summed E-state index contributed by atoms with van der Waals surface area (Å²) in [6, 6.07) is 9.96. The van der Waals surface area contributed by atoms with E-state index in [1.54, 1.807) is 7.05 Å². The van der Waals surface area contributed by atoms with Gasteiger partial charge in [-0.05, 0) is 33.3 Å². The maximum absolute atomic E-state index is 12.6. The van der Waals surface area contributed by atoms with Gasteiger partial charge in [0.15, 0.2) is 5.17 Å². The molecule has 1 heterocycles. The second-order valence-corrected chi connectivity index (χ2v) is 7.20. The zero-order valence-corrected chi connectivity index (χ0v) is 14.5. The van der Waals surface area contributed by atoms with Crippen LogP contribution in [0.4, 0.5) is 0 Å². The first-order valence-corrected chi connectivity index (χ1v) is 8.09. The van der Waals surface area contributed by atoms with E-state index < -0.39 is 5.60 Å². The van der Waals surface area contributed by atoms with Crippen LogP contribution in [0.5, 0.6) is 0 Å². The van der Waals surface area contributed by atoms with Gasteiger partial charge < -0.3 is 10.1 Å². The van der Waals surface area contributed by atoms with Crippen LogP contribution >= 0.6 is 11.8 Å². The lowest BCUT2D eigenvalue weighted by Crippen LogP contribution is -2.33. The van der Waals surface area contributed by atoms with Crippen LogP contribution < -0.4 is 5.32 Å². The summed E-state index contributed by atoms with van der Waals surface area (Å²) in [6.07, 6.45) is 0. The zero-order chi connectivity index (χ0) is 16.3. The highest BCUT2D eigenvalue weighted by Gasteiger charge is 2.34. The molecule has 1 aromatic rings. The molecule has 0 aromatic heterocycles. The minimum atomic E-state index is -0.518. The Bertz CT molecular complexity index is 615. The number of hydrogen-bond acceptors (Lipinski definition) is 4. The summed E-state index contributed by atoms with van der Waals surface area (Å²) in [6.45, 7) is 7.52. The first-order chi connectivity index (χ1) is 10.3. The number of ether oxygens (including phenoxy) is 1. The Morgan fingerprint density at radius 3 is 2.45 bits per heavy atom. The quantitative estimate of drug-likeness (QED) is 0.845. The molecule has 1 N–H and O–H groups in total. The van der Waals surface area contributed by atoms with Gasteiger partial charge in [-0.15, -0.1) is 0 Å². The molecule has 118 valence electrons. The molecule has 1 atom stereocenters. The summed E-state index contributed by atoms with van der Waals surface area (Å²) in [5, 5.41) is 3.86. The third-order valence-corrected chi connectivity index (χ3v) is 4.37. The standard InChI is InChI=1S/C17H22N2O2S/c1-11-13(15(20)21-17(2,3)4)14(22-16(18-5)19-11)12-9-7-6-8-10-12/h6-10,14H,1-5H3,(H,18,19). The molecule has 5 heteroatoms. The largest absolute Gasteiger partial charge is 0.457 e. The van der Waals surface area contributed by atoms with Crippen LogP contribution in [0.25, 0.3) is 0 Å². The molecule has 0 fully saturated rings. The van der Waals surface area contributed by atoms with E-state index in [1.807, 2.05) is 58.0 Å². The molecule has 0 aliphatic carbocycles. The predicted molar refractivity (Wildman–Crippen MR) is 91.8 cm³/mol. The number of aliphatic imine (C=N–C) groups is 1. The summed E-state index contributed by atoms with van der Waals surface area (Å²) in [7, 11) is 1.74. The van der Waals surface area contributed by atoms with E-state index in [0.717, 1.165) is 16.4 Å². The van der Waals surface area contributed by atoms with Gasteiger partial charge in [0.25, 0.3) is 0 Å². The van der Waals surface area contributed by atoms with E-state index in [-0.39, 0.29) is 11.2 Å². The first-order valence-electron chi connectivity index (χ1n) is 7.21. The van der Waals surface area contributed by atoms with Crippen LogP contribution in [0.3, 0.4) is 0 Å². The fourth-order valence-corrected chi connectivity index (χ4v) is 3.41. The highest BCUT2D eigenvalue weighted by molar-refractivity contribution is 8.14. The lowest BCUT2D eigenvalue weighted by Gasteiger charge is -2.30. The van der Waals surface area contributed by atoms with E-state index in [4.69, 9.17) is 4.74 Å². The van der Waals surface area contributed by atoms with Crippen molar-refractivity contribution in [1.29, 1.82) is 0 Å². The normalized spacial score (nSPS) is 20.8. The molecular weight excluding hydrogens is 296 g/mol. The molecule has 0 saturated carbocycles. The molecule has 4 nitrogen and oxygen atoms in total. The summed E-state index contributed by atoms with van der Waals surface area (Å²) < 4.78 is 5.58. The van der Waals surface area contributed by atoms with Crippen molar-refractivity contribution in [2.75, 3.05) is 7.05 Å². The topological polar surface area (TPSA) is 50.7 Å². The number of thioether (sulfide) groups is 1. The average Bonchev–Trinajstić information content (AvgIpc) is 2.45. The van der Waals surface area contributed by atoms with E-state index >= 15 is 0 Å². The summed E-state index contributed by atoms with van der Waals surface area (Å²) >= 11 is 1.53. The number of carbonyl (C=O) groups is 1. The Kier molecular flexibility index (Phi) is 4.96. The van der Waals surface area contributed by atoms with Gasteiger partial charge in [0, 0.05) is 12.7 Å². The Labute approximate surface area is 136 Å². The zero-order valence-electron chi connectivity index (χ0n) is 13.6. The number of carbonyl (C=O) groups excluding carboxylic acids is 1. The minimum Gasteiger partial charge on any atom is -0.457 e. The van der Waals surface area contributed by atoms with Crippen molar-refractivity contribution in [3.05, 3.63) is 47.2 Å². The number of nitrogens with zero attached hydrogens (tertiary/aromatic N) is 1. The predicted octanol–water partition coefficient (Wildman–Crippen LogP) is 3.67. The van der Waals surface area contributed by atoms with Crippen LogP contribution in [0.1, 0.15) is 38.5 Å². The van der Waals surface area contributed by atoms with Crippen LogP contribution in [0, 0.1) is 0 Å². The Balaban J connectivity index is 2.43. The van der Waals surface area contributed by atoms with Crippen LogP contribution in [0.15, 0.2) is 46.6 Å². The third kappa shape index (κ3) is 3.91. The SMILES string of the molecule is CN=C1NC(C)=C(C(=O)OC(C)(C)C)C(c2ccccc2)S1. The lowest BCUT2D eigenvalue weighted by molar-refractivity contribution is -0.150. The number of esters is 1. The van der Waals surface area contributed by atoms with Crippen molar-refractivity contribution in [2.45, 2.75) is 38.5 Å². The van der Waals surface area contributed by atoms with Crippen molar-refractivity contribution in [1.82, 2.24) is 5.32 Å². The van der Waals surface area contributed by atoms with Gasteiger partial charge in [0.05, 0.1) is 10.8 Å². The van der Waals surface area contributed by atoms with Crippen LogP contribution in [-0.2, 0) is 9.53 Å². The number of amidine groups is 1. The smallest absolute Gasteiger partial charge is 0.337 e. The first kappa shape index (κ1) is 16.6. The fourth-order valence-electron chi connectivity index (χ4n) is 2.19. The molecule has 1 aromatic carbocycles. The molecule has 0 spiro atoms. The van der Waals surface area contributed by atoms with Gasteiger partial charge in [-0.25, -0.2) is 4.79 Å². The summed E-state index contributed by atoms with van der Waals surface area (Å²) in [5.41, 5.74) is 1.99. The molecule has 0 bridgehead atoms. The summed E-state index contributed by atoms with van der Waals surface area (Å²) in [5.74, 6) is -0.283. The molecule has 1 aliphatic heterocycles. The van der Waals surface area contributed by atoms with Gasteiger partial charge >= 0.3 is 5.97 Å². The lowest BCUT2D eigenvalue weighted by atomic mass is 10.0. The maximum Gasteiger partial charge on any atom is 0.337 e. The van der Waals surface area contributed by atoms with Gasteiger partial charge in [-0.2, -0.15) is 0 Å². The number of hydrogen-bond donors (Lipinski definition) is 1. The molecular formula is C17H22N2O2S. The summed E-state index contributed by atoms with van der Waals surface area (Å²) in [4.78, 5) is 16.9. The third-order valence-electron chi connectivity index (χ3n) is 3.11. The molecule has 0 saturated heterocycles. The monoisotopic (exact) mass is 318 g/mol. The van der Waals surface area contributed by atoms with Crippen molar-refractivity contribution >= 4 is 22.9 Å². The minimum absolute atomic E-state index is 0.115. The maximum atomic E-state index is 12.6. The molecule has 1 unspecified atom stereocenters. The van der Waals surface area contributed by atoms with Crippen LogP contribution in [0.2, 0.25) is 0 Å². The molecule has 2 rings (SSSR count). The Morgan fingerprint density at radius 1 is 1.27 bits per heavy atom. The van der Waals surface area contributed by atoms with Crippen molar-refractivity contribution in [2.24, 2.45) is 4.99 Å². The van der Waals surface area contributed by atoms with Gasteiger partial charge in [-0.3, -0.25) is 4.99 Å². The highest BCUT2D eigenvalue weighted by atomic mass is 32.2. The van der Waals surface area contributed by atoms with Crippen molar-refractivity contribution < 1.29 is 9.53 Å². The Morgan fingerprint density at radius 2 is 1.91 bits per heavy atom. The van der Waals surface area contributed by atoms with E-state index in [2.05, 4.69) is 10.3 Å². The second-order valence-electron chi connectivity index (χ2n) is 6.10. The number of nitrogens with one attached hydrogen (secondary N) is 1. The number of benzene rings is 1. The number of rotatable bonds is 2. The highest BCUT2D eigenvalue weighted by Crippen LogP contribution is 2.41. The van der Waals surface area contributed by atoms with E-state index in [9.17, 15) is 4.79 Å². The second kappa shape index (κ2) is 6.57. The molecule has 1 aliphatic rings. The van der Waals surface area contributed by atoms with E-state index in [1.165, 1.54) is 11.8 Å². The van der Waals surface area contributed by atoms with Crippen LogP contribution in [-0.4, -0.2) is 23.8 Å². The van der Waals surface area contributed by atoms with Crippen molar-refractivity contribution in [3.8, 4) is 0 Å². The number of allylic oxidation sites excluding steroid dienone is 1. The fraction of sp³-hybridized carbons (Fsp3) is 0.412. The van der Waals surface area contributed by atoms with E-state index in [0.29, 0.717) is 5.57 Å². The van der Waals surface area contributed by atoms with Gasteiger partial charge in [-0.1, -0.05) is 42.1 Å². The van der Waals surface area contributed by atoms with Crippen molar-refractivity contribution in [3.63, 3.8) is 0 Å². The molecule has 0 radical (unpaired) electrons. The van der Waals surface area contributed by atoms with Gasteiger partial charge in [0.1, 0.15) is 5.60 Å².